The molecule has 0 aliphatic heterocycles. The van der Waals surface area contributed by atoms with Crippen LogP contribution in [-0.4, -0.2) is 47.6 Å². The van der Waals surface area contributed by atoms with Crippen LogP contribution in [0.1, 0.15) is 44.9 Å². The van der Waals surface area contributed by atoms with Crippen molar-refractivity contribution in [1.29, 1.82) is 0 Å². The van der Waals surface area contributed by atoms with Gasteiger partial charge in [-0.05, 0) is 52.7 Å². The van der Waals surface area contributed by atoms with E-state index in [0.717, 1.165) is 42.9 Å². The van der Waals surface area contributed by atoms with Gasteiger partial charge in [-0.1, -0.05) is 17.7 Å². The molecule has 1 aliphatic carbocycles. The van der Waals surface area contributed by atoms with E-state index in [4.69, 9.17) is 4.42 Å². The molecule has 0 unspecified atom stereocenters. The Balaban J connectivity index is 0.00000300. The van der Waals surface area contributed by atoms with Crippen molar-refractivity contribution < 1.29 is 4.42 Å². The monoisotopic (exact) mass is 511 g/mol. The maximum atomic E-state index is 5.63. The van der Waals surface area contributed by atoms with E-state index in [1.807, 2.05) is 12.1 Å². The summed E-state index contributed by atoms with van der Waals surface area (Å²) in [4.78, 5) is 11.8. The minimum Gasteiger partial charge on any atom is -0.444 e. The van der Waals surface area contributed by atoms with Crippen LogP contribution >= 0.6 is 24.0 Å². The van der Waals surface area contributed by atoms with Crippen LogP contribution in [0.5, 0.6) is 0 Å². The van der Waals surface area contributed by atoms with Gasteiger partial charge in [-0.15, -0.1) is 24.0 Å². The summed E-state index contributed by atoms with van der Waals surface area (Å²) in [5, 5.41) is 6.75. The van der Waals surface area contributed by atoms with Crippen LogP contribution in [0.2, 0.25) is 0 Å². The second-order valence-electron chi connectivity index (χ2n) is 7.69. The van der Waals surface area contributed by atoms with Crippen molar-refractivity contribution in [2.45, 2.75) is 59.2 Å². The molecule has 7 heteroatoms. The maximum absolute atomic E-state index is 5.63. The summed E-state index contributed by atoms with van der Waals surface area (Å²) >= 11 is 0. The normalized spacial score (nSPS) is 14.2. The summed E-state index contributed by atoms with van der Waals surface area (Å²) in [6.07, 6.45) is 4.36. The minimum absolute atomic E-state index is 0. The van der Waals surface area contributed by atoms with Crippen molar-refractivity contribution in [3.05, 3.63) is 41.8 Å². The number of aliphatic imine (C=N–C) groups is 1. The fourth-order valence-electron chi connectivity index (χ4n) is 3.28. The van der Waals surface area contributed by atoms with Gasteiger partial charge in [-0.3, -0.25) is 4.90 Å². The summed E-state index contributed by atoms with van der Waals surface area (Å²) in [5.74, 6) is 1.46. The lowest BCUT2D eigenvalue weighted by Crippen LogP contribution is -2.43. The van der Waals surface area contributed by atoms with E-state index in [0.29, 0.717) is 18.5 Å². The first-order valence-electron chi connectivity index (χ1n) is 10.4. The summed E-state index contributed by atoms with van der Waals surface area (Å²) < 4.78 is 5.63. The van der Waals surface area contributed by atoms with Crippen molar-refractivity contribution in [3.8, 4) is 11.5 Å². The molecule has 1 aromatic carbocycles. The number of aryl methyl sites for hydroxylation is 1. The molecule has 160 valence electrons. The van der Waals surface area contributed by atoms with Gasteiger partial charge in [-0.25, -0.2) is 9.98 Å². The highest BCUT2D eigenvalue weighted by Gasteiger charge is 2.30. The Bertz CT molecular complexity index is 766. The third kappa shape index (κ3) is 7.29. The van der Waals surface area contributed by atoms with Crippen LogP contribution in [0.4, 0.5) is 0 Å². The first-order chi connectivity index (χ1) is 13.6. The van der Waals surface area contributed by atoms with Gasteiger partial charge in [-0.2, -0.15) is 0 Å². The Morgan fingerprint density at radius 1 is 1.24 bits per heavy atom. The second kappa shape index (κ2) is 11.5. The Morgan fingerprint density at radius 2 is 1.97 bits per heavy atom. The number of rotatable bonds is 9. The van der Waals surface area contributed by atoms with Crippen LogP contribution in [0, 0.1) is 6.92 Å². The molecule has 0 saturated heterocycles. The molecular formula is C22H34IN5O. The number of benzene rings is 1. The highest BCUT2D eigenvalue weighted by Crippen LogP contribution is 2.27. The Morgan fingerprint density at radius 3 is 2.59 bits per heavy atom. The minimum atomic E-state index is 0. The lowest BCUT2D eigenvalue weighted by Gasteiger charge is -2.26. The third-order valence-corrected chi connectivity index (χ3v) is 4.94. The molecule has 1 aromatic heterocycles. The SMILES string of the molecule is CCNC(=NCc1coc(-c2ccc(C)cc2)n1)NCCN(C(C)C)C1CC1.I. The molecule has 1 heterocycles. The number of nitrogens with one attached hydrogen (secondary N) is 2. The van der Waals surface area contributed by atoms with E-state index in [1.165, 1.54) is 18.4 Å². The highest BCUT2D eigenvalue weighted by molar-refractivity contribution is 14.0. The molecule has 1 fully saturated rings. The van der Waals surface area contributed by atoms with Crippen molar-refractivity contribution >= 4 is 29.9 Å². The van der Waals surface area contributed by atoms with E-state index in [2.05, 4.69) is 65.3 Å². The summed E-state index contributed by atoms with van der Waals surface area (Å²) in [7, 11) is 0. The fraction of sp³-hybridized carbons (Fsp3) is 0.545. The molecule has 0 atom stereocenters. The molecule has 2 N–H and O–H groups in total. The lowest BCUT2D eigenvalue weighted by atomic mass is 10.1. The van der Waals surface area contributed by atoms with E-state index in [9.17, 15) is 0 Å². The van der Waals surface area contributed by atoms with Crippen LogP contribution in [0.15, 0.2) is 39.9 Å². The van der Waals surface area contributed by atoms with E-state index in [1.54, 1.807) is 6.26 Å². The molecule has 0 radical (unpaired) electrons. The predicted molar refractivity (Wildman–Crippen MR) is 130 cm³/mol. The highest BCUT2D eigenvalue weighted by atomic mass is 127. The second-order valence-corrected chi connectivity index (χ2v) is 7.69. The number of hydrogen-bond donors (Lipinski definition) is 2. The molecule has 3 rings (SSSR count). The van der Waals surface area contributed by atoms with Crippen molar-refractivity contribution in [3.63, 3.8) is 0 Å². The van der Waals surface area contributed by atoms with Gasteiger partial charge >= 0.3 is 0 Å². The van der Waals surface area contributed by atoms with E-state index < -0.39 is 0 Å². The maximum Gasteiger partial charge on any atom is 0.226 e. The Kier molecular flexibility index (Phi) is 9.42. The molecule has 0 amide bonds. The zero-order chi connectivity index (χ0) is 19.9. The number of nitrogens with zero attached hydrogens (tertiary/aromatic N) is 3. The summed E-state index contributed by atoms with van der Waals surface area (Å²) in [6.45, 7) is 11.9. The van der Waals surface area contributed by atoms with Crippen molar-refractivity contribution in [2.75, 3.05) is 19.6 Å². The average molecular weight is 511 g/mol. The first-order valence-corrected chi connectivity index (χ1v) is 10.4. The van der Waals surface area contributed by atoms with Gasteiger partial charge in [0.05, 0.1) is 6.54 Å². The van der Waals surface area contributed by atoms with Gasteiger partial charge in [0, 0.05) is 37.3 Å². The number of oxazole rings is 1. The smallest absolute Gasteiger partial charge is 0.226 e. The topological polar surface area (TPSA) is 65.7 Å². The van der Waals surface area contributed by atoms with Gasteiger partial charge in [0.25, 0.3) is 0 Å². The summed E-state index contributed by atoms with van der Waals surface area (Å²) in [6, 6.07) is 9.54. The van der Waals surface area contributed by atoms with Gasteiger partial charge in [0.15, 0.2) is 5.96 Å². The van der Waals surface area contributed by atoms with Gasteiger partial charge in [0.2, 0.25) is 5.89 Å². The summed E-state index contributed by atoms with van der Waals surface area (Å²) in [5.41, 5.74) is 3.04. The van der Waals surface area contributed by atoms with Crippen molar-refractivity contribution in [1.82, 2.24) is 20.5 Å². The third-order valence-electron chi connectivity index (χ3n) is 4.94. The number of hydrogen-bond acceptors (Lipinski definition) is 4. The largest absolute Gasteiger partial charge is 0.444 e. The van der Waals surface area contributed by atoms with Gasteiger partial charge in [0.1, 0.15) is 12.0 Å². The van der Waals surface area contributed by atoms with E-state index in [-0.39, 0.29) is 24.0 Å². The molecule has 2 aromatic rings. The van der Waals surface area contributed by atoms with Gasteiger partial charge < -0.3 is 15.1 Å². The Hall–Kier alpha value is -1.61. The van der Waals surface area contributed by atoms with Crippen molar-refractivity contribution in [2.24, 2.45) is 4.99 Å². The lowest BCUT2D eigenvalue weighted by molar-refractivity contribution is 0.215. The Labute approximate surface area is 191 Å². The molecule has 29 heavy (non-hydrogen) atoms. The molecule has 0 spiro atoms. The first kappa shape index (κ1) is 23.7. The fourth-order valence-corrected chi connectivity index (χ4v) is 3.28. The zero-order valence-electron chi connectivity index (χ0n) is 17.9. The molecule has 1 saturated carbocycles. The standard InChI is InChI=1S/C22H33N5O.HI/c1-5-23-22(24-12-13-27(16(2)3)20-10-11-20)25-14-19-15-28-21(26-19)18-8-6-17(4)7-9-18;/h6-9,15-16,20H,5,10-14H2,1-4H3,(H2,23,24,25);1H. The van der Waals surface area contributed by atoms with Crippen LogP contribution in [0.25, 0.3) is 11.5 Å². The zero-order valence-corrected chi connectivity index (χ0v) is 20.3. The molecular weight excluding hydrogens is 477 g/mol. The van der Waals surface area contributed by atoms with Crippen LogP contribution in [0.3, 0.4) is 0 Å². The molecule has 1 aliphatic rings. The predicted octanol–water partition coefficient (Wildman–Crippen LogP) is 4.20. The number of halogens is 1. The average Bonchev–Trinajstić information content (AvgIpc) is 3.40. The number of aromatic nitrogens is 1. The van der Waals surface area contributed by atoms with Crippen LogP contribution < -0.4 is 10.6 Å². The van der Waals surface area contributed by atoms with Crippen LogP contribution in [-0.2, 0) is 6.54 Å². The quantitative estimate of drug-likeness (QED) is 0.300. The van der Waals surface area contributed by atoms with E-state index >= 15 is 0 Å². The molecule has 0 bridgehead atoms. The number of guanidine groups is 1. The molecule has 6 nitrogen and oxygen atoms in total.